The van der Waals surface area contributed by atoms with E-state index in [-0.39, 0.29) is 43.2 Å². The quantitative estimate of drug-likeness (QED) is 0.0406. The summed E-state index contributed by atoms with van der Waals surface area (Å²) in [7, 11) is 1.90. The number of carbonyl (C=O) groups is 6. The smallest absolute Gasteiger partial charge is 0.325 e. The van der Waals surface area contributed by atoms with Crippen LogP contribution in [0.3, 0.4) is 0 Å². The number of carboxylic acids is 1. The molecule has 5 amide bonds. The number of hydrogen-bond donors (Lipinski definition) is 8. The number of amides is 5. The van der Waals surface area contributed by atoms with E-state index in [1.54, 1.807) is 11.8 Å². The van der Waals surface area contributed by atoms with Gasteiger partial charge in [-0.25, -0.2) is 0 Å². The molecule has 17 heteroatoms. The zero-order chi connectivity index (χ0) is 36.7. The molecule has 2 aliphatic heterocycles. The molecule has 0 bridgehead atoms. The molecular formula is C32H58N10O7. The average Bonchev–Trinajstić information content (AvgIpc) is 3.73. The molecule has 2 aliphatic rings. The van der Waals surface area contributed by atoms with Crippen LogP contribution in [0.1, 0.15) is 85.0 Å². The number of hydrogen-bond acceptors (Lipinski definition) is 9. The van der Waals surface area contributed by atoms with Crippen LogP contribution >= 0.6 is 0 Å². The van der Waals surface area contributed by atoms with E-state index in [9.17, 15) is 33.9 Å². The van der Waals surface area contributed by atoms with Crippen LogP contribution in [-0.4, -0.2) is 126 Å². The first-order valence-electron chi connectivity index (χ1n) is 17.4. The highest BCUT2D eigenvalue weighted by Gasteiger charge is 2.41. The Balaban J connectivity index is 2.26. The number of unbranched alkanes of at least 4 members (excludes halogenated alkanes) is 1. The fourth-order valence-corrected chi connectivity index (χ4v) is 6.11. The lowest BCUT2D eigenvalue weighted by Crippen LogP contribution is -2.59. The minimum absolute atomic E-state index is 0.0862. The lowest BCUT2D eigenvalue weighted by atomic mass is 9.97. The molecule has 278 valence electrons. The number of aliphatic imine (C=N–C) groups is 1. The van der Waals surface area contributed by atoms with Crippen LogP contribution in [0.2, 0.25) is 0 Å². The summed E-state index contributed by atoms with van der Waals surface area (Å²) in [5, 5.41) is 20.0. The van der Waals surface area contributed by atoms with Crippen molar-refractivity contribution in [2.45, 2.75) is 121 Å². The second kappa shape index (κ2) is 20.5. The van der Waals surface area contributed by atoms with Gasteiger partial charge in [0.15, 0.2) is 5.96 Å². The molecule has 0 aromatic heterocycles. The Morgan fingerprint density at radius 2 is 1.45 bits per heavy atom. The van der Waals surface area contributed by atoms with Crippen molar-refractivity contribution in [3.63, 3.8) is 0 Å². The largest absolute Gasteiger partial charge is 0.480 e. The molecule has 0 spiro atoms. The number of nitrogens with one attached hydrogen (secondary N) is 4. The molecule has 17 nitrogen and oxygen atoms in total. The zero-order valence-corrected chi connectivity index (χ0v) is 29.4. The van der Waals surface area contributed by atoms with E-state index in [1.807, 2.05) is 18.9 Å². The van der Waals surface area contributed by atoms with Crippen LogP contribution in [0.4, 0.5) is 0 Å². The number of guanidine groups is 1. The van der Waals surface area contributed by atoms with Crippen molar-refractivity contribution in [1.82, 2.24) is 31.1 Å². The SMILES string of the molecule is CC[C@H](C)[C@H](NC(=O)[C@H](CCCN=C(N)N)NC(=O)[C@H](CCCCN)NC(=O)[C@@H]1CCCN1C(=O)[C@@H]1CCCN1C)C(=O)N[C@@H](C)C(=O)O. The number of nitrogens with zero attached hydrogens (tertiary/aromatic N) is 3. The first-order chi connectivity index (χ1) is 23.2. The molecule has 11 N–H and O–H groups in total. The third-order valence-corrected chi connectivity index (χ3v) is 9.32. The number of likely N-dealkylation sites (N-methyl/N-ethyl adjacent to an activating group) is 1. The van der Waals surface area contributed by atoms with Gasteiger partial charge in [0, 0.05) is 13.1 Å². The minimum Gasteiger partial charge on any atom is -0.480 e. The van der Waals surface area contributed by atoms with Crippen LogP contribution in [0.15, 0.2) is 4.99 Å². The third-order valence-electron chi connectivity index (χ3n) is 9.32. The summed E-state index contributed by atoms with van der Waals surface area (Å²) in [6, 6.07) is -5.43. The fraction of sp³-hybridized carbons (Fsp3) is 0.781. The van der Waals surface area contributed by atoms with Crippen molar-refractivity contribution >= 4 is 41.5 Å². The van der Waals surface area contributed by atoms with Gasteiger partial charge >= 0.3 is 5.97 Å². The lowest BCUT2D eigenvalue weighted by Gasteiger charge is -2.31. The molecule has 0 unspecified atom stereocenters. The first kappa shape index (κ1) is 41.2. The molecule has 0 aromatic rings. The number of likely N-dealkylation sites (tertiary alicyclic amines) is 2. The van der Waals surface area contributed by atoms with Gasteiger partial charge < -0.3 is 48.5 Å². The van der Waals surface area contributed by atoms with Gasteiger partial charge in [-0.2, -0.15) is 0 Å². The number of carbonyl (C=O) groups excluding carboxylic acids is 5. The maximum atomic E-state index is 13.8. The highest BCUT2D eigenvalue weighted by atomic mass is 16.4. The average molecular weight is 695 g/mol. The van der Waals surface area contributed by atoms with Crippen molar-refractivity contribution < 1.29 is 33.9 Å². The summed E-state index contributed by atoms with van der Waals surface area (Å²) >= 11 is 0. The molecule has 2 saturated heterocycles. The predicted molar refractivity (Wildman–Crippen MR) is 184 cm³/mol. The normalized spacial score (nSPS) is 20.7. The van der Waals surface area contributed by atoms with Crippen molar-refractivity contribution in [2.75, 3.05) is 33.2 Å². The summed E-state index contributed by atoms with van der Waals surface area (Å²) < 4.78 is 0. The van der Waals surface area contributed by atoms with Crippen LogP contribution in [0, 0.1) is 5.92 Å². The van der Waals surface area contributed by atoms with E-state index in [1.165, 1.54) is 6.92 Å². The van der Waals surface area contributed by atoms with Gasteiger partial charge in [-0.05, 0) is 90.8 Å². The predicted octanol–water partition coefficient (Wildman–Crippen LogP) is -1.66. The maximum absolute atomic E-state index is 13.8. The number of nitrogens with two attached hydrogens (primary N) is 3. The van der Waals surface area contributed by atoms with E-state index < -0.39 is 59.8 Å². The number of aliphatic carboxylic acids is 1. The Morgan fingerprint density at radius 1 is 0.837 bits per heavy atom. The monoisotopic (exact) mass is 694 g/mol. The van der Waals surface area contributed by atoms with E-state index in [0.29, 0.717) is 51.6 Å². The Hall–Kier alpha value is -3.99. The van der Waals surface area contributed by atoms with Gasteiger partial charge in [0.1, 0.15) is 30.2 Å². The van der Waals surface area contributed by atoms with Gasteiger partial charge in [0.25, 0.3) is 0 Å². The highest BCUT2D eigenvalue weighted by Crippen LogP contribution is 2.24. The summed E-state index contributed by atoms with van der Waals surface area (Å²) in [4.78, 5) is 86.4. The fourth-order valence-electron chi connectivity index (χ4n) is 6.11. The Labute approximate surface area is 288 Å². The number of carboxylic acid groups (broad SMARTS) is 1. The Morgan fingerprint density at radius 3 is 2.04 bits per heavy atom. The van der Waals surface area contributed by atoms with Crippen molar-refractivity contribution in [2.24, 2.45) is 28.1 Å². The van der Waals surface area contributed by atoms with Gasteiger partial charge in [-0.3, -0.25) is 38.7 Å². The summed E-state index contributed by atoms with van der Waals surface area (Å²) in [5.74, 6) is -4.20. The molecule has 2 heterocycles. The third kappa shape index (κ3) is 12.8. The van der Waals surface area contributed by atoms with Crippen LogP contribution in [-0.2, 0) is 28.8 Å². The van der Waals surface area contributed by atoms with Crippen molar-refractivity contribution in [3.05, 3.63) is 0 Å². The maximum Gasteiger partial charge on any atom is 0.325 e. The van der Waals surface area contributed by atoms with Gasteiger partial charge in [0.05, 0.1) is 6.04 Å². The van der Waals surface area contributed by atoms with Crippen molar-refractivity contribution in [1.29, 1.82) is 0 Å². The highest BCUT2D eigenvalue weighted by molar-refractivity contribution is 5.96. The van der Waals surface area contributed by atoms with Crippen LogP contribution < -0.4 is 38.5 Å². The summed E-state index contributed by atoms with van der Waals surface area (Å²) in [6.45, 7) is 6.71. The molecule has 0 aromatic carbocycles. The molecule has 0 radical (unpaired) electrons. The standard InChI is InChI=1S/C32H58N10O7/c1-5-19(2)25(29(46)37-20(3)31(48)49)40-27(44)22(12-8-16-36-32(34)35)38-26(43)21(11-6-7-15-33)39-28(45)23-13-10-18-42(23)30(47)24-14-9-17-41(24)4/h19-25H,5-18,33H2,1-4H3,(H,37,46)(H,38,43)(H,39,45)(H,40,44)(H,48,49)(H4,34,35,36)/t19-,20-,21-,22-,23-,24-,25-/m0/s1. The van der Waals surface area contributed by atoms with Gasteiger partial charge in [-0.15, -0.1) is 0 Å². The topological polar surface area (TPSA) is 268 Å². The Bertz CT molecular complexity index is 1180. The first-order valence-corrected chi connectivity index (χ1v) is 17.4. The van der Waals surface area contributed by atoms with E-state index in [4.69, 9.17) is 17.2 Å². The Kier molecular flexibility index (Phi) is 17.2. The minimum atomic E-state index is -1.23. The molecule has 7 atom stereocenters. The number of rotatable bonds is 20. The second-order valence-electron chi connectivity index (χ2n) is 13.1. The van der Waals surface area contributed by atoms with Crippen LogP contribution in [0.5, 0.6) is 0 Å². The second-order valence-corrected chi connectivity index (χ2v) is 13.1. The molecule has 49 heavy (non-hydrogen) atoms. The van der Waals surface area contributed by atoms with E-state index in [2.05, 4.69) is 26.3 Å². The van der Waals surface area contributed by atoms with Crippen molar-refractivity contribution in [3.8, 4) is 0 Å². The molecule has 0 saturated carbocycles. The zero-order valence-electron chi connectivity index (χ0n) is 29.4. The molecule has 0 aliphatic carbocycles. The van der Waals surface area contributed by atoms with Gasteiger partial charge in [-0.1, -0.05) is 20.3 Å². The van der Waals surface area contributed by atoms with E-state index >= 15 is 0 Å². The van der Waals surface area contributed by atoms with Crippen LogP contribution in [0.25, 0.3) is 0 Å². The molecule has 2 rings (SSSR count). The summed E-state index contributed by atoms with van der Waals surface area (Å²) in [5.41, 5.74) is 16.6. The van der Waals surface area contributed by atoms with E-state index in [0.717, 1.165) is 19.4 Å². The molecular weight excluding hydrogens is 636 g/mol. The summed E-state index contributed by atoms with van der Waals surface area (Å²) in [6.07, 6.45) is 5.03. The molecule has 2 fully saturated rings. The lowest BCUT2D eigenvalue weighted by molar-refractivity contribution is -0.142. The van der Waals surface area contributed by atoms with Gasteiger partial charge in [0.2, 0.25) is 29.5 Å².